The molecule has 0 spiro atoms. The minimum Gasteiger partial charge on any atom is -0.477 e. The third-order valence-corrected chi connectivity index (χ3v) is 6.23. The fraction of sp³-hybridized carbons (Fsp3) is 0.400. The number of hydrogen-bond acceptors (Lipinski definition) is 7. The van der Waals surface area contributed by atoms with Crippen LogP contribution in [0.1, 0.15) is 40.8 Å². The second kappa shape index (κ2) is 7.35. The van der Waals surface area contributed by atoms with E-state index < -0.39 is 5.97 Å². The molecule has 28 heavy (non-hydrogen) atoms. The number of aromatic nitrogens is 3. The number of carboxylic acids is 1. The van der Waals surface area contributed by atoms with Crippen molar-refractivity contribution in [1.82, 2.24) is 15.0 Å². The average molecular weight is 398 g/mol. The Morgan fingerprint density at radius 2 is 1.86 bits per heavy atom. The molecule has 146 valence electrons. The lowest BCUT2D eigenvalue weighted by Gasteiger charge is -2.36. The van der Waals surface area contributed by atoms with Gasteiger partial charge in [-0.1, -0.05) is 19.9 Å². The van der Waals surface area contributed by atoms with Crippen LogP contribution in [0.25, 0.3) is 10.2 Å². The molecule has 1 N–H and O–H groups in total. The molecule has 3 aromatic rings. The fourth-order valence-electron chi connectivity index (χ4n) is 3.51. The Labute approximate surface area is 167 Å². The molecule has 1 fully saturated rings. The highest BCUT2D eigenvalue weighted by atomic mass is 32.1. The van der Waals surface area contributed by atoms with E-state index in [1.807, 2.05) is 31.3 Å². The largest absolute Gasteiger partial charge is 0.477 e. The van der Waals surface area contributed by atoms with Crippen LogP contribution in [0.5, 0.6) is 0 Å². The lowest BCUT2D eigenvalue weighted by molar-refractivity contribution is 0.0701. The monoisotopic (exact) mass is 397 g/mol. The van der Waals surface area contributed by atoms with Crippen LogP contribution in [0, 0.1) is 6.92 Å². The normalized spacial score (nSPS) is 14.9. The first-order valence-corrected chi connectivity index (χ1v) is 10.2. The molecule has 0 aliphatic carbocycles. The number of carbonyl (C=O) groups is 1. The van der Waals surface area contributed by atoms with E-state index in [1.54, 1.807) is 0 Å². The molecular weight excluding hydrogens is 374 g/mol. The lowest BCUT2D eigenvalue weighted by Crippen LogP contribution is -2.47. The van der Waals surface area contributed by atoms with Gasteiger partial charge in [0.05, 0.1) is 5.39 Å². The van der Waals surface area contributed by atoms with Gasteiger partial charge in [0, 0.05) is 38.3 Å². The third-order valence-electron chi connectivity index (χ3n) is 5.05. The highest BCUT2D eigenvalue weighted by Gasteiger charge is 2.26. The van der Waals surface area contributed by atoms with Crippen molar-refractivity contribution >= 4 is 39.2 Å². The lowest BCUT2D eigenvalue weighted by atomic mass is 10.1. The first kappa shape index (κ1) is 18.6. The van der Waals surface area contributed by atoms with E-state index in [1.165, 1.54) is 11.3 Å². The van der Waals surface area contributed by atoms with Crippen LogP contribution in [0.2, 0.25) is 0 Å². The van der Waals surface area contributed by atoms with Crippen molar-refractivity contribution in [2.45, 2.75) is 26.7 Å². The van der Waals surface area contributed by atoms with Crippen molar-refractivity contribution in [2.24, 2.45) is 0 Å². The van der Waals surface area contributed by atoms with Crippen molar-refractivity contribution < 1.29 is 9.90 Å². The number of rotatable bonds is 4. The van der Waals surface area contributed by atoms with Gasteiger partial charge >= 0.3 is 5.97 Å². The highest BCUT2D eigenvalue weighted by Crippen LogP contribution is 2.36. The Morgan fingerprint density at radius 1 is 1.14 bits per heavy atom. The van der Waals surface area contributed by atoms with Crippen LogP contribution in [0.4, 0.5) is 11.6 Å². The summed E-state index contributed by atoms with van der Waals surface area (Å²) in [5.41, 5.74) is 0.755. The summed E-state index contributed by atoms with van der Waals surface area (Å²) in [5.74, 6) is 1.87. The first-order chi connectivity index (χ1) is 13.5. The first-order valence-electron chi connectivity index (χ1n) is 9.41. The van der Waals surface area contributed by atoms with Gasteiger partial charge in [-0.15, -0.1) is 11.3 Å². The predicted molar refractivity (Wildman–Crippen MR) is 112 cm³/mol. The zero-order chi connectivity index (χ0) is 19.8. The van der Waals surface area contributed by atoms with Crippen molar-refractivity contribution in [3.8, 4) is 0 Å². The number of anilines is 2. The van der Waals surface area contributed by atoms with Gasteiger partial charge in [0.2, 0.25) is 0 Å². The van der Waals surface area contributed by atoms with Crippen LogP contribution < -0.4 is 9.80 Å². The zero-order valence-electron chi connectivity index (χ0n) is 16.2. The Morgan fingerprint density at radius 3 is 2.46 bits per heavy atom. The molecule has 0 atom stereocenters. The van der Waals surface area contributed by atoms with E-state index >= 15 is 0 Å². The smallest absolute Gasteiger partial charge is 0.346 e. The molecule has 1 aliphatic rings. The van der Waals surface area contributed by atoms with Gasteiger partial charge in [-0.2, -0.15) is 0 Å². The molecule has 1 aliphatic heterocycles. The van der Waals surface area contributed by atoms with E-state index in [2.05, 4.69) is 33.6 Å². The maximum absolute atomic E-state index is 11.6. The summed E-state index contributed by atoms with van der Waals surface area (Å²) in [6.45, 7) is 9.26. The van der Waals surface area contributed by atoms with Gasteiger partial charge in [-0.3, -0.25) is 0 Å². The molecule has 0 unspecified atom stereocenters. The van der Waals surface area contributed by atoms with Crippen molar-refractivity contribution in [3.05, 3.63) is 40.7 Å². The maximum Gasteiger partial charge on any atom is 0.346 e. The van der Waals surface area contributed by atoms with Crippen molar-refractivity contribution in [2.75, 3.05) is 36.0 Å². The van der Waals surface area contributed by atoms with E-state index in [4.69, 9.17) is 4.98 Å². The van der Waals surface area contributed by atoms with Crippen LogP contribution in [-0.4, -0.2) is 52.2 Å². The summed E-state index contributed by atoms with van der Waals surface area (Å²) >= 11 is 1.24. The third kappa shape index (κ3) is 3.28. The van der Waals surface area contributed by atoms with Crippen LogP contribution in [0.3, 0.4) is 0 Å². The molecule has 0 bridgehead atoms. The summed E-state index contributed by atoms with van der Waals surface area (Å²) in [6, 6.07) is 5.95. The molecule has 8 heteroatoms. The van der Waals surface area contributed by atoms with Gasteiger partial charge in [0.15, 0.2) is 0 Å². The summed E-state index contributed by atoms with van der Waals surface area (Å²) < 4.78 is 0. The maximum atomic E-state index is 11.6. The number of nitrogens with zero attached hydrogens (tertiary/aromatic N) is 5. The molecule has 4 heterocycles. The quantitative estimate of drug-likeness (QED) is 0.721. The van der Waals surface area contributed by atoms with Crippen LogP contribution >= 0.6 is 11.3 Å². The molecule has 3 aromatic heterocycles. The Balaban J connectivity index is 1.70. The van der Waals surface area contributed by atoms with Gasteiger partial charge in [0.25, 0.3) is 0 Å². The van der Waals surface area contributed by atoms with E-state index in [-0.39, 0.29) is 5.92 Å². The summed E-state index contributed by atoms with van der Waals surface area (Å²) in [4.78, 5) is 31.2. The van der Waals surface area contributed by atoms with E-state index in [0.29, 0.717) is 4.88 Å². The van der Waals surface area contributed by atoms with E-state index in [0.717, 1.165) is 59.4 Å². The molecule has 4 rings (SSSR count). The Kier molecular flexibility index (Phi) is 4.89. The van der Waals surface area contributed by atoms with Gasteiger partial charge in [0.1, 0.15) is 27.2 Å². The number of carboxylic acid groups (broad SMARTS) is 1. The number of hydrogen-bond donors (Lipinski definition) is 1. The topological polar surface area (TPSA) is 82.4 Å². The SMILES string of the molecule is Cc1c(C(=O)O)sc2nc(C(C)C)nc(N3CCN(c4ccccn4)CC3)c12. The molecule has 0 radical (unpaired) electrons. The number of aryl methyl sites for hydroxylation is 1. The minimum absolute atomic E-state index is 0.175. The van der Waals surface area contributed by atoms with Gasteiger partial charge < -0.3 is 14.9 Å². The van der Waals surface area contributed by atoms with Crippen molar-refractivity contribution in [3.63, 3.8) is 0 Å². The van der Waals surface area contributed by atoms with Gasteiger partial charge in [-0.25, -0.2) is 19.7 Å². The van der Waals surface area contributed by atoms with E-state index in [9.17, 15) is 9.90 Å². The average Bonchev–Trinajstić information content (AvgIpc) is 3.05. The van der Waals surface area contributed by atoms with Gasteiger partial charge in [-0.05, 0) is 24.6 Å². The molecule has 0 amide bonds. The molecule has 7 nitrogen and oxygen atoms in total. The minimum atomic E-state index is -0.905. The van der Waals surface area contributed by atoms with Crippen LogP contribution in [0.15, 0.2) is 24.4 Å². The molecular formula is C20H23N5O2S. The number of piperazine rings is 1. The Hall–Kier alpha value is -2.74. The number of pyridine rings is 1. The number of aromatic carboxylic acids is 1. The molecule has 0 saturated carbocycles. The Bertz CT molecular complexity index is 1010. The summed E-state index contributed by atoms with van der Waals surface area (Å²) in [5, 5.41) is 10.4. The zero-order valence-corrected chi connectivity index (χ0v) is 17.0. The summed E-state index contributed by atoms with van der Waals surface area (Å²) in [6.07, 6.45) is 1.81. The standard InChI is InChI=1S/C20H23N5O2S/c1-12(2)17-22-18(15-13(3)16(20(26)27)28-19(15)23-17)25-10-8-24(9-11-25)14-6-4-5-7-21-14/h4-7,12H,8-11H2,1-3H3,(H,26,27). The van der Waals surface area contributed by atoms with Crippen LogP contribution in [-0.2, 0) is 0 Å². The summed E-state index contributed by atoms with van der Waals surface area (Å²) in [7, 11) is 0. The number of thiophene rings is 1. The highest BCUT2D eigenvalue weighted by molar-refractivity contribution is 7.20. The second-order valence-electron chi connectivity index (χ2n) is 7.26. The second-order valence-corrected chi connectivity index (χ2v) is 8.26. The van der Waals surface area contributed by atoms with Crippen molar-refractivity contribution in [1.29, 1.82) is 0 Å². The molecule has 1 saturated heterocycles. The molecule has 0 aromatic carbocycles. The number of fused-ring (bicyclic) bond motifs is 1. The predicted octanol–water partition coefficient (Wildman–Crippen LogP) is 3.54. The fourth-order valence-corrected chi connectivity index (χ4v) is 4.53.